The van der Waals surface area contributed by atoms with Gasteiger partial charge in [-0.15, -0.1) is 11.3 Å². The van der Waals surface area contributed by atoms with Crippen LogP contribution in [0.4, 0.5) is 5.69 Å². The molecule has 2 aromatic rings. The van der Waals surface area contributed by atoms with Crippen LogP contribution in [0.25, 0.3) is 0 Å². The third kappa shape index (κ3) is 4.79. The maximum atomic E-state index is 12.5. The molecule has 130 valence electrons. The maximum absolute atomic E-state index is 12.5. The van der Waals surface area contributed by atoms with Crippen LogP contribution in [0.5, 0.6) is 0 Å². The second kappa shape index (κ2) is 8.62. The molecule has 4 nitrogen and oxygen atoms in total. The second-order valence-electron chi connectivity index (χ2n) is 6.09. The van der Waals surface area contributed by atoms with Gasteiger partial charge in [0.2, 0.25) is 0 Å². The van der Waals surface area contributed by atoms with Gasteiger partial charge >= 0.3 is 0 Å². The van der Waals surface area contributed by atoms with E-state index in [2.05, 4.69) is 16.7 Å². The molecule has 0 atom stereocenters. The Morgan fingerprint density at radius 3 is 2.68 bits per heavy atom. The number of para-hydroxylation sites is 1. The normalized spacial score (nSPS) is 13.8. The minimum Gasteiger partial charge on any atom is -0.352 e. The van der Waals surface area contributed by atoms with E-state index in [9.17, 15) is 9.59 Å². The fourth-order valence-electron chi connectivity index (χ4n) is 2.95. The van der Waals surface area contributed by atoms with E-state index < -0.39 is 0 Å². The van der Waals surface area contributed by atoms with Crippen LogP contribution in [0.15, 0.2) is 53.4 Å². The first-order valence-electron chi connectivity index (χ1n) is 8.64. The van der Waals surface area contributed by atoms with E-state index in [0.717, 1.165) is 19.3 Å². The smallest absolute Gasteiger partial charge is 0.265 e. The minimum absolute atomic E-state index is 0.154. The zero-order valence-corrected chi connectivity index (χ0v) is 14.9. The van der Waals surface area contributed by atoms with Gasteiger partial charge in [0.25, 0.3) is 11.8 Å². The number of rotatable bonds is 6. The number of thiophene rings is 1. The van der Waals surface area contributed by atoms with Crippen molar-refractivity contribution in [3.8, 4) is 0 Å². The Morgan fingerprint density at radius 1 is 1.04 bits per heavy atom. The molecule has 1 aliphatic carbocycles. The van der Waals surface area contributed by atoms with E-state index in [1.165, 1.54) is 29.8 Å². The van der Waals surface area contributed by atoms with Crippen LogP contribution in [0.2, 0.25) is 0 Å². The highest BCUT2D eigenvalue weighted by Crippen LogP contribution is 2.20. The Kier molecular flexibility index (Phi) is 6.01. The molecule has 0 saturated heterocycles. The van der Waals surface area contributed by atoms with Crippen molar-refractivity contribution in [1.29, 1.82) is 0 Å². The molecule has 25 heavy (non-hydrogen) atoms. The van der Waals surface area contributed by atoms with Gasteiger partial charge in [-0.25, -0.2) is 0 Å². The zero-order valence-electron chi connectivity index (χ0n) is 14.1. The van der Waals surface area contributed by atoms with Crippen molar-refractivity contribution in [2.45, 2.75) is 32.1 Å². The molecule has 5 heteroatoms. The quantitative estimate of drug-likeness (QED) is 0.744. The van der Waals surface area contributed by atoms with Gasteiger partial charge in [0.05, 0.1) is 16.1 Å². The highest BCUT2D eigenvalue weighted by Gasteiger charge is 2.14. The summed E-state index contributed by atoms with van der Waals surface area (Å²) < 4.78 is 0. The average molecular weight is 354 g/mol. The number of hydrogen-bond acceptors (Lipinski definition) is 3. The van der Waals surface area contributed by atoms with Gasteiger partial charge in [-0.1, -0.05) is 29.8 Å². The molecule has 0 spiro atoms. The van der Waals surface area contributed by atoms with Crippen LogP contribution in [-0.2, 0) is 0 Å². The average Bonchev–Trinajstić information content (AvgIpc) is 3.18. The molecule has 1 heterocycles. The van der Waals surface area contributed by atoms with Crippen LogP contribution in [-0.4, -0.2) is 18.4 Å². The molecule has 1 aliphatic rings. The largest absolute Gasteiger partial charge is 0.352 e. The number of carbonyl (C=O) groups excluding carboxylic acids is 2. The van der Waals surface area contributed by atoms with Crippen molar-refractivity contribution in [3.63, 3.8) is 0 Å². The van der Waals surface area contributed by atoms with Gasteiger partial charge in [-0.05, 0) is 55.7 Å². The first-order chi connectivity index (χ1) is 12.2. The number of nitrogens with one attached hydrogen (secondary N) is 2. The number of benzene rings is 1. The minimum atomic E-state index is -0.192. The lowest BCUT2D eigenvalue weighted by atomic mass is 9.97. The molecule has 2 N–H and O–H groups in total. The van der Waals surface area contributed by atoms with Crippen molar-refractivity contribution in [2.24, 2.45) is 0 Å². The molecular formula is C20H22N2O2S. The molecule has 0 fully saturated rings. The molecule has 1 aromatic carbocycles. The van der Waals surface area contributed by atoms with Crippen LogP contribution < -0.4 is 10.6 Å². The molecule has 2 amide bonds. The zero-order chi connectivity index (χ0) is 17.5. The first-order valence-corrected chi connectivity index (χ1v) is 9.52. The van der Waals surface area contributed by atoms with Crippen LogP contribution in [0.1, 0.15) is 52.1 Å². The Morgan fingerprint density at radius 2 is 1.92 bits per heavy atom. The molecule has 0 unspecified atom stereocenters. The van der Waals surface area contributed by atoms with Crippen molar-refractivity contribution in [3.05, 3.63) is 63.9 Å². The topological polar surface area (TPSA) is 58.2 Å². The van der Waals surface area contributed by atoms with E-state index in [-0.39, 0.29) is 11.8 Å². The molecule has 0 saturated carbocycles. The highest BCUT2D eigenvalue weighted by molar-refractivity contribution is 7.12. The van der Waals surface area contributed by atoms with Gasteiger partial charge in [0.15, 0.2) is 0 Å². The number of allylic oxidation sites excluding steroid dienone is 1. The second-order valence-corrected chi connectivity index (χ2v) is 7.04. The lowest BCUT2D eigenvalue weighted by Crippen LogP contribution is -2.26. The van der Waals surface area contributed by atoms with Crippen LogP contribution >= 0.6 is 11.3 Å². The summed E-state index contributed by atoms with van der Waals surface area (Å²) >= 11 is 1.38. The van der Waals surface area contributed by atoms with E-state index in [0.29, 0.717) is 22.7 Å². The van der Waals surface area contributed by atoms with E-state index in [1.54, 1.807) is 24.3 Å². The molecule has 1 aromatic heterocycles. The summed E-state index contributed by atoms with van der Waals surface area (Å²) in [5, 5.41) is 7.65. The van der Waals surface area contributed by atoms with Crippen molar-refractivity contribution in [1.82, 2.24) is 5.32 Å². The molecule has 0 bridgehead atoms. The van der Waals surface area contributed by atoms with Gasteiger partial charge in [0.1, 0.15) is 0 Å². The van der Waals surface area contributed by atoms with Gasteiger partial charge in [-0.3, -0.25) is 9.59 Å². The lowest BCUT2D eigenvalue weighted by molar-refractivity contribution is 0.0955. The molecule has 0 radical (unpaired) electrons. The molecule has 3 rings (SSSR count). The Labute approximate surface area is 152 Å². The monoisotopic (exact) mass is 354 g/mol. The first kappa shape index (κ1) is 17.4. The predicted octanol–water partition coefficient (Wildman–Crippen LogP) is 4.62. The third-order valence-electron chi connectivity index (χ3n) is 4.28. The van der Waals surface area contributed by atoms with Gasteiger partial charge in [0, 0.05) is 6.54 Å². The lowest BCUT2D eigenvalue weighted by Gasteiger charge is -2.14. The summed E-state index contributed by atoms with van der Waals surface area (Å²) in [6.07, 6.45) is 8.01. The van der Waals surface area contributed by atoms with Gasteiger partial charge in [-0.2, -0.15) is 0 Å². The van der Waals surface area contributed by atoms with E-state index in [4.69, 9.17) is 0 Å². The Balaban J connectivity index is 1.60. The molecule has 0 aliphatic heterocycles. The number of anilines is 1. The summed E-state index contributed by atoms with van der Waals surface area (Å²) in [5.74, 6) is -0.346. The number of carbonyl (C=O) groups is 2. The summed E-state index contributed by atoms with van der Waals surface area (Å²) in [4.78, 5) is 25.4. The standard InChI is InChI=1S/C20H22N2O2S/c23-19(21-13-12-15-7-2-1-3-8-15)16-9-4-5-10-17(16)22-20(24)18-11-6-14-25-18/h4-7,9-11,14H,1-3,8,12-13H2,(H,21,23)(H,22,24). The van der Waals surface area contributed by atoms with Gasteiger partial charge < -0.3 is 10.6 Å². The Bertz CT molecular complexity index is 766. The number of amides is 2. The summed E-state index contributed by atoms with van der Waals surface area (Å²) in [7, 11) is 0. The van der Waals surface area contributed by atoms with Crippen LogP contribution in [0.3, 0.4) is 0 Å². The van der Waals surface area contributed by atoms with E-state index in [1.807, 2.05) is 17.5 Å². The van der Waals surface area contributed by atoms with Crippen LogP contribution in [0, 0.1) is 0 Å². The van der Waals surface area contributed by atoms with Crippen molar-refractivity contribution in [2.75, 3.05) is 11.9 Å². The fourth-order valence-corrected chi connectivity index (χ4v) is 3.56. The fraction of sp³-hybridized carbons (Fsp3) is 0.300. The summed E-state index contributed by atoms with van der Waals surface area (Å²) in [6, 6.07) is 10.7. The SMILES string of the molecule is O=C(Nc1ccccc1C(=O)NCCC1=CCCCC1)c1cccs1. The summed E-state index contributed by atoms with van der Waals surface area (Å²) in [5.41, 5.74) is 2.46. The summed E-state index contributed by atoms with van der Waals surface area (Å²) in [6.45, 7) is 0.623. The predicted molar refractivity (Wildman–Crippen MR) is 102 cm³/mol. The van der Waals surface area contributed by atoms with Crippen molar-refractivity contribution >= 4 is 28.8 Å². The maximum Gasteiger partial charge on any atom is 0.265 e. The highest BCUT2D eigenvalue weighted by atomic mass is 32.1. The number of hydrogen-bond donors (Lipinski definition) is 2. The van der Waals surface area contributed by atoms with E-state index >= 15 is 0 Å². The van der Waals surface area contributed by atoms with Crippen molar-refractivity contribution < 1.29 is 9.59 Å². The Hall–Kier alpha value is -2.40. The third-order valence-corrected chi connectivity index (χ3v) is 5.15. The molecular weight excluding hydrogens is 332 g/mol.